The number of carbonyl (C=O) groups is 3. The van der Waals surface area contributed by atoms with Gasteiger partial charge >= 0.3 is 5.97 Å². The second-order valence-electron chi connectivity index (χ2n) is 6.58. The summed E-state index contributed by atoms with van der Waals surface area (Å²) in [6.07, 6.45) is 1.61. The minimum Gasteiger partial charge on any atom is -0.481 e. The molecule has 2 N–H and O–H groups in total. The van der Waals surface area contributed by atoms with Gasteiger partial charge < -0.3 is 15.3 Å². The quantitative estimate of drug-likeness (QED) is 0.706. The molecule has 0 saturated heterocycles. The van der Waals surface area contributed by atoms with Crippen LogP contribution in [0.25, 0.3) is 0 Å². The summed E-state index contributed by atoms with van der Waals surface area (Å²) in [5.41, 5.74) is -0.519. The first kappa shape index (κ1) is 20.7. The van der Waals surface area contributed by atoms with Crippen molar-refractivity contribution < 1.29 is 32.7 Å². The van der Waals surface area contributed by atoms with Crippen LogP contribution >= 0.6 is 0 Å². The maximum Gasteiger partial charge on any atom is 0.306 e. The summed E-state index contributed by atoms with van der Waals surface area (Å²) in [7, 11) is 0. The van der Waals surface area contributed by atoms with E-state index < -0.39 is 46.9 Å². The van der Waals surface area contributed by atoms with Crippen molar-refractivity contribution in [2.24, 2.45) is 11.8 Å². The number of amides is 2. The van der Waals surface area contributed by atoms with Crippen molar-refractivity contribution in [3.05, 3.63) is 29.6 Å². The molecule has 27 heavy (non-hydrogen) atoms. The molecule has 1 aliphatic carbocycles. The second-order valence-corrected chi connectivity index (χ2v) is 6.58. The Morgan fingerprint density at radius 2 is 1.81 bits per heavy atom. The summed E-state index contributed by atoms with van der Waals surface area (Å²) in [6.45, 7) is 1.68. The van der Waals surface area contributed by atoms with Gasteiger partial charge in [0.2, 0.25) is 11.8 Å². The van der Waals surface area contributed by atoms with Gasteiger partial charge in [-0.05, 0) is 37.8 Å². The molecule has 1 aromatic rings. The first-order valence-corrected chi connectivity index (χ1v) is 8.69. The van der Waals surface area contributed by atoms with Gasteiger partial charge in [-0.1, -0.05) is 6.92 Å². The molecule has 2 atom stereocenters. The van der Waals surface area contributed by atoms with Gasteiger partial charge in [-0.2, -0.15) is 0 Å². The van der Waals surface area contributed by atoms with Gasteiger partial charge in [-0.25, -0.2) is 13.2 Å². The summed E-state index contributed by atoms with van der Waals surface area (Å²) in [4.78, 5) is 37.1. The standard InChI is InChI=1S/C18H21F3N2O4/c1-2-7-23(17(25)10-3-4-11(8-10)18(26)27)9-14(24)22-13-6-5-12(19)15(20)16(13)21/h5-6,10-11H,2-4,7-9H2,1H3,(H,22,24)(H,26,27)/t10-,11+/m1/s1. The van der Waals surface area contributed by atoms with Crippen LogP contribution in [0.5, 0.6) is 0 Å². The van der Waals surface area contributed by atoms with Crippen molar-refractivity contribution in [1.82, 2.24) is 4.90 Å². The molecule has 2 rings (SSSR count). The van der Waals surface area contributed by atoms with Gasteiger partial charge in [-0.3, -0.25) is 14.4 Å². The highest BCUT2D eigenvalue weighted by Gasteiger charge is 2.36. The fourth-order valence-electron chi connectivity index (χ4n) is 3.21. The predicted molar refractivity (Wildman–Crippen MR) is 90.3 cm³/mol. The van der Waals surface area contributed by atoms with E-state index in [-0.39, 0.29) is 25.4 Å². The Bertz CT molecular complexity index is 742. The average Bonchev–Trinajstić information content (AvgIpc) is 3.12. The molecule has 0 heterocycles. The molecular weight excluding hydrogens is 365 g/mol. The van der Waals surface area contributed by atoms with E-state index in [1.807, 2.05) is 6.92 Å². The molecule has 0 radical (unpaired) electrons. The summed E-state index contributed by atoms with van der Waals surface area (Å²) < 4.78 is 39.9. The number of halogens is 3. The van der Waals surface area contributed by atoms with E-state index in [4.69, 9.17) is 5.11 Å². The highest BCUT2D eigenvalue weighted by Crippen LogP contribution is 2.32. The van der Waals surface area contributed by atoms with Crippen molar-refractivity contribution >= 4 is 23.5 Å². The Hall–Kier alpha value is -2.58. The number of rotatable bonds is 7. The van der Waals surface area contributed by atoms with Crippen LogP contribution in [0.3, 0.4) is 0 Å². The zero-order valence-electron chi connectivity index (χ0n) is 14.8. The number of aliphatic carboxylic acids is 1. The molecule has 1 fully saturated rings. The number of nitrogens with zero attached hydrogens (tertiary/aromatic N) is 1. The topological polar surface area (TPSA) is 86.7 Å². The van der Waals surface area contributed by atoms with Crippen LogP contribution in [0.1, 0.15) is 32.6 Å². The number of carbonyl (C=O) groups excluding carboxylic acids is 2. The Balaban J connectivity index is 2.03. The number of benzene rings is 1. The molecule has 1 aromatic carbocycles. The lowest BCUT2D eigenvalue weighted by Gasteiger charge is -2.25. The lowest BCUT2D eigenvalue weighted by Crippen LogP contribution is -2.41. The van der Waals surface area contributed by atoms with Crippen LogP contribution in [-0.2, 0) is 14.4 Å². The molecule has 0 aromatic heterocycles. The molecule has 9 heteroatoms. The van der Waals surface area contributed by atoms with E-state index >= 15 is 0 Å². The van der Waals surface area contributed by atoms with Gasteiger partial charge in [0, 0.05) is 12.5 Å². The molecule has 148 valence electrons. The van der Waals surface area contributed by atoms with Crippen LogP contribution in [0.4, 0.5) is 18.9 Å². The maximum atomic E-state index is 13.7. The summed E-state index contributed by atoms with van der Waals surface area (Å²) in [5.74, 6) is -7.67. The van der Waals surface area contributed by atoms with E-state index in [1.54, 1.807) is 0 Å². The van der Waals surface area contributed by atoms with Gasteiger partial charge in [0.25, 0.3) is 0 Å². The second kappa shape index (κ2) is 8.88. The molecule has 6 nitrogen and oxygen atoms in total. The normalized spacial score (nSPS) is 19.0. The highest BCUT2D eigenvalue weighted by molar-refractivity contribution is 5.95. The zero-order valence-corrected chi connectivity index (χ0v) is 14.8. The Labute approximate surface area is 154 Å². The van der Waals surface area contributed by atoms with E-state index in [9.17, 15) is 27.6 Å². The molecule has 0 spiro atoms. The molecule has 2 amide bonds. The van der Waals surface area contributed by atoms with Crippen LogP contribution in [0, 0.1) is 29.3 Å². The molecule has 0 unspecified atom stereocenters. The highest BCUT2D eigenvalue weighted by atomic mass is 19.2. The number of hydrogen-bond acceptors (Lipinski definition) is 3. The lowest BCUT2D eigenvalue weighted by molar-refractivity contribution is -0.142. The number of anilines is 1. The number of carboxylic acid groups (broad SMARTS) is 1. The van der Waals surface area contributed by atoms with Crippen molar-refractivity contribution in [3.63, 3.8) is 0 Å². The molecule has 1 aliphatic rings. The predicted octanol–water partition coefficient (Wildman–Crippen LogP) is 2.78. The van der Waals surface area contributed by atoms with Crippen LogP contribution in [0.15, 0.2) is 12.1 Å². The number of carboxylic acids is 1. The minimum atomic E-state index is -1.69. The summed E-state index contributed by atoms with van der Waals surface area (Å²) >= 11 is 0. The summed E-state index contributed by atoms with van der Waals surface area (Å²) in [5, 5.41) is 11.2. The average molecular weight is 386 g/mol. The van der Waals surface area contributed by atoms with Crippen LogP contribution < -0.4 is 5.32 Å². The van der Waals surface area contributed by atoms with Crippen molar-refractivity contribution in [2.75, 3.05) is 18.4 Å². The van der Waals surface area contributed by atoms with Gasteiger partial charge in [0.05, 0.1) is 18.2 Å². The largest absolute Gasteiger partial charge is 0.481 e. The third-order valence-electron chi connectivity index (χ3n) is 4.58. The third kappa shape index (κ3) is 4.99. The first-order valence-electron chi connectivity index (χ1n) is 8.69. The Morgan fingerprint density at radius 3 is 2.41 bits per heavy atom. The van der Waals surface area contributed by atoms with Crippen LogP contribution in [-0.4, -0.2) is 40.9 Å². The number of hydrogen-bond donors (Lipinski definition) is 2. The van der Waals surface area contributed by atoms with Crippen molar-refractivity contribution in [1.29, 1.82) is 0 Å². The Kier molecular flexibility index (Phi) is 6.81. The lowest BCUT2D eigenvalue weighted by atomic mass is 10.0. The molecule has 0 bridgehead atoms. The zero-order chi connectivity index (χ0) is 20.1. The van der Waals surface area contributed by atoms with E-state index in [2.05, 4.69) is 5.32 Å². The minimum absolute atomic E-state index is 0.216. The number of nitrogens with one attached hydrogen (secondary N) is 1. The van der Waals surface area contributed by atoms with Gasteiger partial charge in [-0.15, -0.1) is 0 Å². The smallest absolute Gasteiger partial charge is 0.306 e. The Morgan fingerprint density at radius 1 is 1.15 bits per heavy atom. The van der Waals surface area contributed by atoms with Crippen molar-refractivity contribution in [2.45, 2.75) is 32.6 Å². The maximum absolute atomic E-state index is 13.7. The summed E-state index contributed by atoms with van der Waals surface area (Å²) in [6, 6.07) is 1.58. The van der Waals surface area contributed by atoms with E-state index in [0.717, 1.165) is 6.07 Å². The molecule has 0 aliphatic heterocycles. The first-order chi connectivity index (χ1) is 12.7. The SMILES string of the molecule is CCCN(CC(=O)Nc1ccc(F)c(F)c1F)C(=O)[C@@H]1CC[C@H](C(=O)O)C1. The van der Waals surface area contributed by atoms with Crippen LogP contribution in [0.2, 0.25) is 0 Å². The third-order valence-corrected chi connectivity index (χ3v) is 4.58. The van der Waals surface area contributed by atoms with Gasteiger partial charge in [0.1, 0.15) is 0 Å². The fraction of sp³-hybridized carbons (Fsp3) is 0.500. The van der Waals surface area contributed by atoms with Gasteiger partial charge in [0.15, 0.2) is 17.5 Å². The molecular formula is C18H21F3N2O4. The molecule has 1 saturated carbocycles. The van der Waals surface area contributed by atoms with E-state index in [0.29, 0.717) is 25.3 Å². The van der Waals surface area contributed by atoms with Crippen molar-refractivity contribution in [3.8, 4) is 0 Å². The van der Waals surface area contributed by atoms with E-state index in [1.165, 1.54) is 4.90 Å². The fourth-order valence-corrected chi connectivity index (χ4v) is 3.21. The monoisotopic (exact) mass is 386 g/mol.